The summed E-state index contributed by atoms with van der Waals surface area (Å²) in [5.41, 5.74) is 0.811. The zero-order valence-electron chi connectivity index (χ0n) is 10.8. The number of likely N-dealkylation sites (N-methyl/N-ethyl adjacent to an activating group) is 1. The monoisotopic (exact) mass is 312 g/mol. The van der Waals surface area contributed by atoms with Crippen LogP contribution in [0.5, 0.6) is 0 Å². The molecule has 1 aromatic carbocycles. The average Bonchev–Trinajstić information content (AvgIpc) is 2.33. The molecule has 2 rings (SSSR count). The first-order valence-electron chi connectivity index (χ1n) is 6.45. The number of likely N-dealkylation sites (tertiary alicyclic amines) is 1. The fourth-order valence-corrected chi connectivity index (χ4v) is 2.97. The molecule has 2 N–H and O–H groups in total. The van der Waals surface area contributed by atoms with Crippen molar-refractivity contribution in [2.75, 3.05) is 26.7 Å². The molecule has 0 atom stereocenters. The molecule has 1 aromatic rings. The molecule has 3 nitrogen and oxygen atoms in total. The Kier molecular flexibility index (Phi) is 4.78. The number of hydrogen-bond acceptors (Lipinski definition) is 3. The van der Waals surface area contributed by atoms with E-state index in [1.165, 1.54) is 5.56 Å². The molecule has 18 heavy (non-hydrogen) atoms. The molecule has 1 saturated heterocycles. The highest BCUT2D eigenvalue weighted by Crippen LogP contribution is 2.23. The van der Waals surface area contributed by atoms with Gasteiger partial charge in [-0.05, 0) is 37.6 Å². The molecule has 0 amide bonds. The second kappa shape index (κ2) is 6.15. The molecule has 4 heteroatoms. The van der Waals surface area contributed by atoms with E-state index in [-0.39, 0.29) is 0 Å². The van der Waals surface area contributed by atoms with Crippen molar-refractivity contribution in [3.8, 4) is 0 Å². The molecule has 1 aliphatic rings. The highest BCUT2D eigenvalue weighted by molar-refractivity contribution is 9.10. The highest BCUT2D eigenvalue weighted by atomic mass is 79.9. The van der Waals surface area contributed by atoms with Gasteiger partial charge >= 0.3 is 0 Å². The van der Waals surface area contributed by atoms with Crippen LogP contribution in [0, 0.1) is 0 Å². The number of rotatable bonds is 4. The van der Waals surface area contributed by atoms with Crippen molar-refractivity contribution in [2.24, 2.45) is 0 Å². The van der Waals surface area contributed by atoms with Gasteiger partial charge in [0, 0.05) is 30.7 Å². The van der Waals surface area contributed by atoms with E-state index in [1.807, 2.05) is 13.1 Å². The predicted octanol–water partition coefficient (Wildman–Crippen LogP) is 2.00. The van der Waals surface area contributed by atoms with E-state index in [9.17, 15) is 5.11 Å². The number of nitrogens with one attached hydrogen (secondary N) is 1. The standard InChI is InChI=1S/C14H21BrN2O/c1-16-11-14(18)5-7-17(8-6-14)10-12-3-2-4-13(15)9-12/h2-4,9,16,18H,5-8,10-11H2,1H3. The van der Waals surface area contributed by atoms with Gasteiger partial charge in [0.1, 0.15) is 0 Å². The molecular weight excluding hydrogens is 292 g/mol. The van der Waals surface area contributed by atoms with E-state index in [0.717, 1.165) is 36.9 Å². The summed E-state index contributed by atoms with van der Waals surface area (Å²) >= 11 is 3.50. The molecule has 100 valence electrons. The normalized spacial score (nSPS) is 19.9. The Morgan fingerprint density at radius 1 is 1.39 bits per heavy atom. The average molecular weight is 313 g/mol. The van der Waals surface area contributed by atoms with Gasteiger partial charge in [-0.3, -0.25) is 4.90 Å². The van der Waals surface area contributed by atoms with E-state index < -0.39 is 5.60 Å². The van der Waals surface area contributed by atoms with Crippen LogP contribution in [-0.4, -0.2) is 42.3 Å². The quantitative estimate of drug-likeness (QED) is 0.892. The van der Waals surface area contributed by atoms with Gasteiger partial charge in [-0.25, -0.2) is 0 Å². The fraction of sp³-hybridized carbons (Fsp3) is 0.571. The Hall–Kier alpha value is -0.420. The third-order valence-corrected chi connectivity index (χ3v) is 4.08. The first kappa shape index (κ1) is 14.0. The lowest BCUT2D eigenvalue weighted by Gasteiger charge is -2.38. The van der Waals surface area contributed by atoms with Crippen molar-refractivity contribution in [3.63, 3.8) is 0 Å². The smallest absolute Gasteiger partial charge is 0.0795 e. The van der Waals surface area contributed by atoms with Gasteiger partial charge in [-0.15, -0.1) is 0 Å². The number of nitrogens with zero attached hydrogens (tertiary/aromatic N) is 1. The van der Waals surface area contributed by atoms with Crippen LogP contribution in [0.4, 0.5) is 0 Å². The molecule has 0 bridgehead atoms. The third-order valence-electron chi connectivity index (χ3n) is 3.59. The van der Waals surface area contributed by atoms with Crippen LogP contribution >= 0.6 is 15.9 Å². The predicted molar refractivity (Wildman–Crippen MR) is 77.5 cm³/mol. The highest BCUT2D eigenvalue weighted by Gasteiger charge is 2.31. The molecule has 1 aliphatic heterocycles. The van der Waals surface area contributed by atoms with Gasteiger partial charge in [0.05, 0.1) is 5.60 Å². The molecular formula is C14H21BrN2O. The lowest BCUT2D eigenvalue weighted by Crippen LogP contribution is -2.49. The number of halogens is 1. The van der Waals surface area contributed by atoms with Crippen LogP contribution in [0.15, 0.2) is 28.7 Å². The molecule has 1 fully saturated rings. The second-order valence-electron chi connectivity index (χ2n) is 5.16. The number of piperidine rings is 1. The SMILES string of the molecule is CNCC1(O)CCN(Cc2cccc(Br)c2)CC1. The zero-order valence-corrected chi connectivity index (χ0v) is 12.4. The van der Waals surface area contributed by atoms with Gasteiger partial charge in [-0.1, -0.05) is 28.1 Å². The van der Waals surface area contributed by atoms with Crippen molar-refractivity contribution >= 4 is 15.9 Å². The summed E-state index contributed by atoms with van der Waals surface area (Å²) in [6.45, 7) is 3.59. The van der Waals surface area contributed by atoms with Crippen molar-refractivity contribution in [1.82, 2.24) is 10.2 Å². The lowest BCUT2D eigenvalue weighted by molar-refractivity contribution is -0.0203. The maximum Gasteiger partial charge on any atom is 0.0795 e. The van der Waals surface area contributed by atoms with Gasteiger partial charge < -0.3 is 10.4 Å². The number of benzene rings is 1. The van der Waals surface area contributed by atoms with Gasteiger partial charge in [-0.2, -0.15) is 0 Å². The Labute approximate surface area is 117 Å². The van der Waals surface area contributed by atoms with Crippen LogP contribution in [0.2, 0.25) is 0 Å². The van der Waals surface area contributed by atoms with Crippen LogP contribution in [0.25, 0.3) is 0 Å². The van der Waals surface area contributed by atoms with Crippen LogP contribution in [0.1, 0.15) is 18.4 Å². The first-order valence-corrected chi connectivity index (χ1v) is 7.24. The third kappa shape index (κ3) is 3.79. The molecule has 0 unspecified atom stereocenters. The minimum absolute atomic E-state index is 0.511. The van der Waals surface area contributed by atoms with Crippen LogP contribution in [0.3, 0.4) is 0 Å². The second-order valence-corrected chi connectivity index (χ2v) is 6.08. The van der Waals surface area contributed by atoms with Gasteiger partial charge in [0.25, 0.3) is 0 Å². The van der Waals surface area contributed by atoms with Crippen molar-refractivity contribution in [2.45, 2.75) is 25.0 Å². The molecule has 0 aromatic heterocycles. The maximum atomic E-state index is 10.3. The summed E-state index contributed by atoms with van der Waals surface area (Å²) in [7, 11) is 1.89. The molecule has 0 saturated carbocycles. The summed E-state index contributed by atoms with van der Waals surface area (Å²) in [6.07, 6.45) is 1.70. The Bertz CT molecular complexity index is 389. The van der Waals surface area contributed by atoms with E-state index in [4.69, 9.17) is 0 Å². The van der Waals surface area contributed by atoms with Gasteiger partial charge in [0.15, 0.2) is 0 Å². The molecule has 0 spiro atoms. The maximum absolute atomic E-state index is 10.3. The number of aliphatic hydroxyl groups is 1. The van der Waals surface area contributed by atoms with E-state index in [1.54, 1.807) is 0 Å². The topological polar surface area (TPSA) is 35.5 Å². The zero-order chi connectivity index (χ0) is 13.0. The summed E-state index contributed by atoms with van der Waals surface area (Å²) in [5, 5.41) is 13.4. The fourth-order valence-electron chi connectivity index (χ4n) is 2.53. The summed E-state index contributed by atoms with van der Waals surface area (Å²) in [4.78, 5) is 2.41. The molecule has 0 aliphatic carbocycles. The van der Waals surface area contributed by atoms with Gasteiger partial charge in [0.2, 0.25) is 0 Å². The minimum atomic E-state index is -0.511. The van der Waals surface area contributed by atoms with E-state index in [0.29, 0.717) is 6.54 Å². The van der Waals surface area contributed by atoms with E-state index in [2.05, 4.69) is 44.3 Å². The molecule has 1 heterocycles. The number of hydrogen-bond donors (Lipinski definition) is 2. The van der Waals surface area contributed by atoms with Crippen molar-refractivity contribution in [3.05, 3.63) is 34.3 Å². The summed E-state index contributed by atoms with van der Waals surface area (Å²) in [6, 6.07) is 8.43. The van der Waals surface area contributed by atoms with E-state index >= 15 is 0 Å². The lowest BCUT2D eigenvalue weighted by atomic mass is 9.91. The molecule has 0 radical (unpaired) electrons. The Morgan fingerprint density at radius 2 is 2.11 bits per heavy atom. The van der Waals surface area contributed by atoms with Crippen molar-refractivity contribution < 1.29 is 5.11 Å². The largest absolute Gasteiger partial charge is 0.388 e. The van der Waals surface area contributed by atoms with Crippen LogP contribution < -0.4 is 5.32 Å². The first-order chi connectivity index (χ1) is 8.61. The summed E-state index contributed by atoms with van der Waals surface area (Å²) < 4.78 is 1.13. The summed E-state index contributed by atoms with van der Waals surface area (Å²) in [5.74, 6) is 0. The van der Waals surface area contributed by atoms with Crippen LogP contribution in [-0.2, 0) is 6.54 Å². The minimum Gasteiger partial charge on any atom is -0.388 e. The Morgan fingerprint density at radius 3 is 2.72 bits per heavy atom. The Balaban J connectivity index is 1.87. The van der Waals surface area contributed by atoms with Crippen molar-refractivity contribution in [1.29, 1.82) is 0 Å².